The number of carbonyl (C=O) groups excluding carboxylic acids is 3. The van der Waals surface area contributed by atoms with Gasteiger partial charge in [0, 0.05) is 16.6 Å². The van der Waals surface area contributed by atoms with Crippen LogP contribution in [0.5, 0.6) is 0 Å². The average Bonchev–Trinajstić information content (AvgIpc) is 2.50. The van der Waals surface area contributed by atoms with Crippen LogP contribution in [0.4, 0.5) is 0 Å². The first-order chi connectivity index (χ1) is 10.5. The summed E-state index contributed by atoms with van der Waals surface area (Å²) in [5, 5.41) is 2.54. The second kappa shape index (κ2) is 9.19. The molecule has 7 heteroatoms. The molecule has 120 valence electrons. The number of nitrogens with zero attached hydrogens (tertiary/aromatic N) is 1. The SMILES string of the molecule is CCOC(=O)CN(CC)C(=O)CNC(=O)c1cccc(Br)c1. The van der Waals surface area contributed by atoms with E-state index >= 15 is 0 Å². The molecule has 0 aliphatic heterocycles. The van der Waals surface area contributed by atoms with Gasteiger partial charge in [-0.25, -0.2) is 0 Å². The van der Waals surface area contributed by atoms with Crippen molar-refractivity contribution in [3.8, 4) is 0 Å². The quantitative estimate of drug-likeness (QED) is 0.739. The van der Waals surface area contributed by atoms with Crippen molar-refractivity contribution in [1.29, 1.82) is 0 Å². The second-order valence-corrected chi connectivity index (χ2v) is 5.32. The van der Waals surface area contributed by atoms with E-state index in [9.17, 15) is 14.4 Å². The number of nitrogens with one attached hydrogen (secondary N) is 1. The molecule has 0 saturated heterocycles. The molecule has 0 atom stereocenters. The normalized spacial score (nSPS) is 9.95. The van der Waals surface area contributed by atoms with Crippen molar-refractivity contribution in [2.45, 2.75) is 13.8 Å². The molecule has 22 heavy (non-hydrogen) atoms. The molecule has 0 heterocycles. The van der Waals surface area contributed by atoms with Crippen molar-refractivity contribution in [3.05, 3.63) is 34.3 Å². The van der Waals surface area contributed by atoms with Crippen molar-refractivity contribution in [2.75, 3.05) is 26.2 Å². The third-order valence-electron chi connectivity index (χ3n) is 2.85. The molecular weight excluding hydrogens is 352 g/mol. The number of ether oxygens (including phenoxy) is 1. The second-order valence-electron chi connectivity index (χ2n) is 4.41. The lowest BCUT2D eigenvalue weighted by atomic mass is 10.2. The Morgan fingerprint density at radius 3 is 2.59 bits per heavy atom. The number of hydrogen-bond donors (Lipinski definition) is 1. The van der Waals surface area contributed by atoms with Gasteiger partial charge in [0.2, 0.25) is 5.91 Å². The topological polar surface area (TPSA) is 75.7 Å². The van der Waals surface area contributed by atoms with Gasteiger partial charge in [-0.2, -0.15) is 0 Å². The monoisotopic (exact) mass is 370 g/mol. The number of carbonyl (C=O) groups is 3. The molecule has 6 nitrogen and oxygen atoms in total. The van der Waals surface area contributed by atoms with Crippen LogP contribution in [0.3, 0.4) is 0 Å². The highest BCUT2D eigenvalue weighted by atomic mass is 79.9. The first kappa shape index (κ1) is 18.2. The summed E-state index contributed by atoms with van der Waals surface area (Å²) in [6.45, 7) is 3.81. The number of likely N-dealkylation sites (N-methyl/N-ethyl adjacent to an activating group) is 1. The molecule has 0 unspecified atom stereocenters. The zero-order valence-corrected chi connectivity index (χ0v) is 14.2. The Morgan fingerprint density at radius 2 is 2.00 bits per heavy atom. The van der Waals surface area contributed by atoms with E-state index in [1.54, 1.807) is 38.1 Å². The molecule has 0 aliphatic carbocycles. The van der Waals surface area contributed by atoms with Gasteiger partial charge in [0.25, 0.3) is 5.91 Å². The Balaban J connectivity index is 2.53. The van der Waals surface area contributed by atoms with Crippen LogP contribution in [0.1, 0.15) is 24.2 Å². The number of amides is 2. The summed E-state index contributed by atoms with van der Waals surface area (Å²) in [7, 11) is 0. The summed E-state index contributed by atoms with van der Waals surface area (Å²) in [5.41, 5.74) is 0.454. The fourth-order valence-electron chi connectivity index (χ4n) is 1.74. The molecule has 0 fully saturated rings. The summed E-state index contributed by atoms with van der Waals surface area (Å²) in [4.78, 5) is 36.7. The van der Waals surface area contributed by atoms with E-state index < -0.39 is 5.97 Å². The maximum Gasteiger partial charge on any atom is 0.325 e. The van der Waals surface area contributed by atoms with Crippen LogP contribution in [-0.2, 0) is 14.3 Å². The van der Waals surface area contributed by atoms with Crippen LogP contribution >= 0.6 is 15.9 Å². The molecule has 0 spiro atoms. The Kier molecular flexibility index (Phi) is 7.59. The summed E-state index contributed by atoms with van der Waals surface area (Å²) >= 11 is 3.28. The molecule has 1 aromatic rings. The lowest BCUT2D eigenvalue weighted by Gasteiger charge is -2.19. The number of benzene rings is 1. The molecular formula is C15H19BrN2O4. The molecule has 0 saturated carbocycles. The fraction of sp³-hybridized carbons (Fsp3) is 0.400. The van der Waals surface area contributed by atoms with Gasteiger partial charge in [-0.15, -0.1) is 0 Å². The van der Waals surface area contributed by atoms with Crippen LogP contribution in [0, 0.1) is 0 Å². The van der Waals surface area contributed by atoms with Crippen molar-refractivity contribution in [3.63, 3.8) is 0 Å². The lowest BCUT2D eigenvalue weighted by molar-refractivity contribution is -0.148. The molecule has 0 aromatic heterocycles. The van der Waals surface area contributed by atoms with Crippen molar-refractivity contribution >= 4 is 33.7 Å². The van der Waals surface area contributed by atoms with E-state index in [2.05, 4.69) is 21.2 Å². The Labute approximate surface area is 137 Å². The highest BCUT2D eigenvalue weighted by Gasteiger charge is 2.17. The van der Waals surface area contributed by atoms with E-state index in [0.29, 0.717) is 12.1 Å². The number of hydrogen-bond acceptors (Lipinski definition) is 4. The summed E-state index contributed by atoms with van der Waals surface area (Å²) < 4.78 is 5.59. The predicted molar refractivity (Wildman–Crippen MR) is 85.4 cm³/mol. The highest BCUT2D eigenvalue weighted by Crippen LogP contribution is 2.11. The number of rotatable bonds is 7. The molecule has 0 aliphatic rings. The van der Waals surface area contributed by atoms with Gasteiger partial charge in [-0.1, -0.05) is 22.0 Å². The average molecular weight is 371 g/mol. The van der Waals surface area contributed by atoms with E-state index in [1.165, 1.54) is 4.90 Å². The van der Waals surface area contributed by atoms with E-state index in [0.717, 1.165) is 4.47 Å². The maximum absolute atomic E-state index is 12.0. The third-order valence-corrected chi connectivity index (χ3v) is 3.34. The van der Waals surface area contributed by atoms with Crippen LogP contribution < -0.4 is 5.32 Å². The van der Waals surface area contributed by atoms with E-state index in [-0.39, 0.29) is 31.5 Å². The smallest absolute Gasteiger partial charge is 0.325 e. The van der Waals surface area contributed by atoms with Crippen LogP contribution in [0.25, 0.3) is 0 Å². The summed E-state index contributed by atoms with van der Waals surface area (Å²) in [6, 6.07) is 6.86. The summed E-state index contributed by atoms with van der Waals surface area (Å²) in [6.07, 6.45) is 0. The Morgan fingerprint density at radius 1 is 1.27 bits per heavy atom. The van der Waals surface area contributed by atoms with Gasteiger partial charge < -0.3 is 15.0 Å². The lowest BCUT2D eigenvalue weighted by Crippen LogP contribution is -2.42. The van der Waals surface area contributed by atoms with Gasteiger partial charge in [0.1, 0.15) is 6.54 Å². The number of halogens is 1. The van der Waals surface area contributed by atoms with Crippen LogP contribution in [0.2, 0.25) is 0 Å². The molecule has 1 aromatic carbocycles. The minimum absolute atomic E-state index is 0.115. The van der Waals surface area contributed by atoms with E-state index in [1.807, 2.05) is 0 Å². The molecule has 0 radical (unpaired) electrons. The van der Waals surface area contributed by atoms with Gasteiger partial charge in [-0.3, -0.25) is 14.4 Å². The highest BCUT2D eigenvalue weighted by molar-refractivity contribution is 9.10. The molecule has 1 N–H and O–H groups in total. The minimum Gasteiger partial charge on any atom is -0.465 e. The molecule has 2 amide bonds. The minimum atomic E-state index is -0.462. The predicted octanol–water partition coefficient (Wildman–Crippen LogP) is 1.59. The Bertz CT molecular complexity index is 548. The first-order valence-corrected chi connectivity index (χ1v) is 7.74. The van der Waals surface area contributed by atoms with Gasteiger partial charge in [-0.05, 0) is 32.0 Å². The van der Waals surface area contributed by atoms with Crippen molar-refractivity contribution in [1.82, 2.24) is 10.2 Å². The standard InChI is InChI=1S/C15H19BrN2O4/c1-3-18(10-14(20)22-4-2)13(19)9-17-15(21)11-6-5-7-12(16)8-11/h5-8H,3-4,9-10H2,1-2H3,(H,17,21). The first-order valence-electron chi connectivity index (χ1n) is 6.95. The van der Waals surface area contributed by atoms with Crippen molar-refractivity contribution < 1.29 is 19.1 Å². The zero-order chi connectivity index (χ0) is 16.5. The largest absolute Gasteiger partial charge is 0.465 e. The van der Waals surface area contributed by atoms with Gasteiger partial charge in [0.05, 0.1) is 13.2 Å². The molecule has 1 rings (SSSR count). The Hall–Kier alpha value is -1.89. The van der Waals surface area contributed by atoms with Crippen LogP contribution in [-0.4, -0.2) is 48.9 Å². The van der Waals surface area contributed by atoms with Gasteiger partial charge in [0.15, 0.2) is 0 Å². The van der Waals surface area contributed by atoms with Gasteiger partial charge >= 0.3 is 5.97 Å². The molecule has 0 bridgehead atoms. The zero-order valence-electron chi connectivity index (χ0n) is 12.6. The number of esters is 1. The van der Waals surface area contributed by atoms with Crippen molar-refractivity contribution in [2.24, 2.45) is 0 Å². The van der Waals surface area contributed by atoms with Crippen LogP contribution in [0.15, 0.2) is 28.7 Å². The van der Waals surface area contributed by atoms with E-state index in [4.69, 9.17) is 4.74 Å². The fourth-order valence-corrected chi connectivity index (χ4v) is 2.14. The maximum atomic E-state index is 12.0. The third kappa shape index (κ3) is 5.85. The summed E-state index contributed by atoms with van der Waals surface area (Å²) in [5.74, 6) is -1.14.